The Morgan fingerprint density at radius 1 is 0.485 bits per heavy atom. The molecule has 1 heterocycles. The van der Waals surface area contributed by atoms with E-state index in [4.69, 9.17) is 0 Å². The number of rotatable bonds is 4. The van der Waals surface area contributed by atoms with Crippen LogP contribution in [0.3, 0.4) is 0 Å². The van der Waals surface area contributed by atoms with Gasteiger partial charge in [-0.05, 0) is 0 Å². The Kier molecular flexibility index (Phi) is 10.2. The first-order chi connectivity index (χ1) is 14.8. The quantitative estimate of drug-likeness (QED) is 0.179. The first-order valence-electron chi connectivity index (χ1n) is 10.1. The summed E-state index contributed by atoms with van der Waals surface area (Å²) in [6.07, 6.45) is 0. The van der Waals surface area contributed by atoms with Crippen molar-refractivity contribution in [2.75, 3.05) is 0 Å². The first-order valence-corrected chi connectivity index (χ1v) is 11.8. The summed E-state index contributed by atoms with van der Waals surface area (Å²) in [5.41, 5.74) is 7.99. The molecule has 0 bridgehead atoms. The molecule has 165 valence electrons. The van der Waals surface area contributed by atoms with E-state index in [-0.39, 0.29) is 40.7 Å². The predicted molar refractivity (Wildman–Crippen MR) is 147 cm³/mol. The molecule has 4 aromatic carbocycles. The van der Waals surface area contributed by atoms with Gasteiger partial charge in [0.1, 0.15) is 0 Å². The molecule has 0 aromatic heterocycles. The molecule has 0 fully saturated rings. The second kappa shape index (κ2) is 12.2. The summed E-state index contributed by atoms with van der Waals surface area (Å²) in [5.74, 6) is 0. The van der Waals surface area contributed by atoms with Crippen LogP contribution >= 0.6 is 45.4 Å². The number of allylic oxidation sites excluding steroid dienone is 2. The zero-order valence-corrected chi connectivity index (χ0v) is 22.6. The van der Waals surface area contributed by atoms with E-state index in [0.717, 1.165) is 0 Å². The van der Waals surface area contributed by atoms with Crippen LogP contribution < -0.4 is 0 Å². The fourth-order valence-electron chi connectivity index (χ4n) is 4.12. The van der Waals surface area contributed by atoms with E-state index in [1.54, 1.807) is 0 Å². The van der Waals surface area contributed by atoms with E-state index in [9.17, 15) is 0 Å². The molecule has 1 aliphatic heterocycles. The molecule has 0 saturated heterocycles. The fourth-order valence-corrected chi connectivity index (χ4v) is 6.92. The molecular weight excluding hydrogens is 522 g/mol. The van der Waals surface area contributed by atoms with Crippen LogP contribution in [0.15, 0.2) is 121 Å². The Labute approximate surface area is 228 Å². The third-order valence-corrected chi connectivity index (χ3v) is 8.38. The van der Waals surface area contributed by atoms with Crippen molar-refractivity contribution in [1.82, 2.24) is 0 Å². The van der Waals surface area contributed by atoms with E-state index in [1.807, 2.05) is 0 Å². The van der Waals surface area contributed by atoms with E-state index < -0.39 is 0 Å². The fraction of sp³-hybridized carbons (Fsp3) is 0.0357. The van der Waals surface area contributed by atoms with Gasteiger partial charge in [-0.25, -0.2) is 0 Å². The third kappa shape index (κ3) is 5.39. The van der Waals surface area contributed by atoms with Crippen molar-refractivity contribution >= 4 is 61.9 Å². The maximum atomic E-state index is 2.39. The summed E-state index contributed by atoms with van der Waals surface area (Å²) < 4.78 is -0.126. The molecule has 1 unspecified atom stereocenters. The summed E-state index contributed by atoms with van der Waals surface area (Å²) in [4.78, 5) is 0. The number of hydrogen-bond acceptors (Lipinski definition) is 0. The molecule has 1 aliphatic rings. The Morgan fingerprint density at radius 3 is 1.36 bits per heavy atom. The molecule has 5 rings (SSSR count). The van der Waals surface area contributed by atoms with Crippen LogP contribution in [0.25, 0.3) is 11.1 Å². The van der Waals surface area contributed by atoms with Gasteiger partial charge in [-0.15, -0.1) is 37.2 Å². The Hall–Kier alpha value is -1.63. The maximum absolute atomic E-state index is 2.39. The predicted octanol–water partition coefficient (Wildman–Crippen LogP) is 8.44. The Morgan fingerprint density at radius 2 is 0.879 bits per heavy atom. The summed E-state index contributed by atoms with van der Waals surface area (Å²) in [6, 6.07) is 43.6. The average Bonchev–Trinajstić information content (AvgIpc) is 3.16. The van der Waals surface area contributed by atoms with Crippen molar-refractivity contribution < 1.29 is 20.4 Å². The normalized spacial score (nSPS) is 17.1. The van der Waals surface area contributed by atoms with Gasteiger partial charge < -0.3 is 0 Å². The number of halogens is 3. The zero-order valence-electron chi connectivity index (χ0n) is 17.7. The van der Waals surface area contributed by atoms with Crippen molar-refractivity contribution in [2.45, 2.75) is 3.46 Å². The van der Waals surface area contributed by atoms with Gasteiger partial charge in [-0.2, -0.15) is 0 Å². The van der Waals surface area contributed by atoms with Crippen LogP contribution in [0.1, 0.15) is 22.3 Å². The first kappa shape index (κ1) is 27.6. The molecule has 5 heteroatoms. The van der Waals surface area contributed by atoms with E-state index in [2.05, 4.69) is 142 Å². The molecule has 1 atom stereocenters. The monoisotopic (exact) mass is 543 g/mol. The van der Waals surface area contributed by atoms with E-state index in [1.165, 1.54) is 46.9 Å². The summed E-state index contributed by atoms with van der Waals surface area (Å²) >= 11 is 2.39. The van der Waals surface area contributed by atoms with Crippen molar-refractivity contribution in [1.29, 1.82) is 0 Å². The standard InChI is InChI=1S/C28H20P.3ClH.Ti/c1-5-13-21(14-6-1)25-26(22-15-7-2-8-16-22)28(24-19-11-4-12-20-24)29-27(25)23-17-9-3-10-18-23;;;;/h1-20H;3*1H;. The van der Waals surface area contributed by atoms with Gasteiger partial charge in [0.05, 0.1) is 0 Å². The third-order valence-electron chi connectivity index (χ3n) is 5.49. The van der Waals surface area contributed by atoms with Gasteiger partial charge in [0.25, 0.3) is 0 Å². The number of hydrogen-bond donors (Lipinski definition) is 0. The zero-order chi connectivity index (χ0) is 20.4. The van der Waals surface area contributed by atoms with Crippen molar-refractivity contribution in [2.24, 2.45) is 0 Å². The second-order valence-corrected chi connectivity index (χ2v) is 10.6. The van der Waals surface area contributed by atoms with Crippen LogP contribution in [0, 0.1) is 0 Å². The van der Waals surface area contributed by atoms with Gasteiger partial charge in [-0.1, -0.05) is 0 Å². The molecule has 0 saturated carbocycles. The SMILES string of the molecule is Cl.Cl.Cl.[Ti][C]1(c2ccccc2)P=C(c2ccccc2)C(c2ccccc2)=C1c1ccccc1. The van der Waals surface area contributed by atoms with Crippen molar-refractivity contribution in [3.8, 4) is 0 Å². The summed E-state index contributed by atoms with van der Waals surface area (Å²) in [6.45, 7) is 0. The van der Waals surface area contributed by atoms with Gasteiger partial charge in [0.2, 0.25) is 0 Å². The van der Waals surface area contributed by atoms with E-state index >= 15 is 0 Å². The molecule has 0 spiro atoms. The van der Waals surface area contributed by atoms with Crippen LogP contribution in [0.4, 0.5) is 0 Å². The van der Waals surface area contributed by atoms with Gasteiger partial charge in [0, 0.05) is 0 Å². The molecule has 0 aliphatic carbocycles. The molecule has 0 N–H and O–H groups in total. The Bertz CT molecular complexity index is 1230. The summed E-state index contributed by atoms with van der Waals surface area (Å²) in [5, 5.41) is 1.40. The molecule has 4 aromatic rings. The van der Waals surface area contributed by atoms with Crippen LogP contribution in [0.2, 0.25) is 0 Å². The molecule has 0 radical (unpaired) electrons. The van der Waals surface area contributed by atoms with E-state index in [0.29, 0.717) is 0 Å². The minimum atomic E-state index is -0.126. The Balaban J connectivity index is 0.00000128. The minimum absolute atomic E-state index is 0. The molecule has 0 amide bonds. The van der Waals surface area contributed by atoms with Crippen molar-refractivity contribution in [3.05, 3.63) is 144 Å². The van der Waals surface area contributed by atoms with Crippen LogP contribution in [-0.4, -0.2) is 5.29 Å². The van der Waals surface area contributed by atoms with Gasteiger partial charge >= 0.3 is 192 Å². The molecular formula is C28H23Cl3PTi. The van der Waals surface area contributed by atoms with Gasteiger partial charge in [0.15, 0.2) is 0 Å². The average molecular weight is 545 g/mol. The van der Waals surface area contributed by atoms with Crippen LogP contribution in [0.5, 0.6) is 0 Å². The number of benzene rings is 4. The van der Waals surface area contributed by atoms with Gasteiger partial charge in [-0.3, -0.25) is 0 Å². The molecule has 0 nitrogen and oxygen atoms in total. The van der Waals surface area contributed by atoms with Crippen LogP contribution in [-0.2, 0) is 23.9 Å². The summed E-state index contributed by atoms with van der Waals surface area (Å²) in [7, 11) is 1.31. The second-order valence-electron chi connectivity index (χ2n) is 7.38. The topological polar surface area (TPSA) is 0 Å². The molecule has 33 heavy (non-hydrogen) atoms. The van der Waals surface area contributed by atoms with Crippen molar-refractivity contribution in [3.63, 3.8) is 0 Å².